The lowest BCUT2D eigenvalue weighted by atomic mass is 10.0. The number of benzene rings is 3. The van der Waals surface area contributed by atoms with Crippen LogP contribution in [0, 0.1) is 6.92 Å². The number of aromatic nitrogens is 2. The molecule has 2 aromatic heterocycles. The molecule has 0 unspecified atom stereocenters. The van der Waals surface area contributed by atoms with Crippen LogP contribution in [0.1, 0.15) is 21.5 Å². The summed E-state index contributed by atoms with van der Waals surface area (Å²) in [6, 6.07) is 18.4. The van der Waals surface area contributed by atoms with E-state index < -0.39 is 6.04 Å². The Hall–Kier alpha value is -4.56. The van der Waals surface area contributed by atoms with Gasteiger partial charge in [0.05, 0.1) is 50.8 Å². The number of aryl methyl sites for hydroxylation is 1. The van der Waals surface area contributed by atoms with E-state index in [4.69, 9.17) is 19.2 Å². The number of nitrogens with one attached hydrogen (secondary N) is 2. The summed E-state index contributed by atoms with van der Waals surface area (Å²) in [4.78, 5) is 21.8. The lowest BCUT2D eigenvalue weighted by molar-refractivity contribution is 0.0918. The van der Waals surface area contributed by atoms with Gasteiger partial charge in [-0.25, -0.2) is 4.98 Å². The fourth-order valence-electron chi connectivity index (χ4n) is 5.04. The average Bonchev–Trinajstić information content (AvgIpc) is 3.39. The van der Waals surface area contributed by atoms with Crippen molar-refractivity contribution >= 4 is 27.7 Å². The third-order valence-electron chi connectivity index (χ3n) is 6.94. The monoisotopic (exact) mass is 525 g/mol. The zero-order valence-electron chi connectivity index (χ0n) is 22.4. The van der Waals surface area contributed by atoms with Crippen molar-refractivity contribution in [2.24, 2.45) is 0 Å². The highest BCUT2D eigenvalue weighted by atomic mass is 16.5. The van der Waals surface area contributed by atoms with Crippen LogP contribution in [0.5, 0.6) is 17.2 Å². The van der Waals surface area contributed by atoms with E-state index in [9.17, 15) is 9.90 Å². The van der Waals surface area contributed by atoms with Gasteiger partial charge < -0.3 is 29.6 Å². The first-order valence-corrected chi connectivity index (χ1v) is 12.6. The van der Waals surface area contributed by atoms with Gasteiger partial charge in [0, 0.05) is 28.0 Å². The number of ether oxygens (including phenoxy) is 3. The number of para-hydroxylation sites is 1. The largest absolute Gasteiger partial charge is 0.493 e. The maximum Gasteiger partial charge on any atom is 0.252 e. The number of fused-ring (bicyclic) bond motifs is 2. The average molecular weight is 526 g/mol. The van der Waals surface area contributed by atoms with Crippen molar-refractivity contribution in [1.82, 2.24) is 15.3 Å². The van der Waals surface area contributed by atoms with E-state index in [0.717, 1.165) is 22.0 Å². The zero-order chi connectivity index (χ0) is 27.5. The Kier molecular flexibility index (Phi) is 7.38. The van der Waals surface area contributed by atoms with Crippen molar-refractivity contribution in [3.05, 3.63) is 83.6 Å². The van der Waals surface area contributed by atoms with Crippen molar-refractivity contribution in [3.8, 4) is 28.5 Å². The van der Waals surface area contributed by atoms with Crippen molar-refractivity contribution in [2.75, 3.05) is 27.9 Å². The molecule has 0 saturated heterocycles. The Bertz CT molecular complexity index is 1630. The van der Waals surface area contributed by atoms with Gasteiger partial charge in [0.2, 0.25) is 5.75 Å². The molecule has 0 aliphatic carbocycles. The Labute approximate surface area is 226 Å². The van der Waals surface area contributed by atoms with E-state index in [1.165, 1.54) is 0 Å². The highest BCUT2D eigenvalue weighted by Crippen LogP contribution is 2.41. The molecule has 3 aromatic carbocycles. The maximum absolute atomic E-state index is 13.7. The maximum atomic E-state index is 13.7. The number of aliphatic hydroxyl groups is 1. The van der Waals surface area contributed by atoms with Crippen LogP contribution in [0.15, 0.2) is 66.9 Å². The summed E-state index contributed by atoms with van der Waals surface area (Å²) >= 11 is 0. The fraction of sp³-hybridized carbons (Fsp3) is 0.226. The van der Waals surface area contributed by atoms with Gasteiger partial charge in [-0.1, -0.05) is 30.3 Å². The van der Waals surface area contributed by atoms with Crippen molar-refractivity contribution in [2.45, 2.75) is 19.4 Å². The molecule has 2 heterocycles. The first-order valence-electron chi connectivity index (χ1n) is 12.6. The van der Waals surface area contributed by atoms with E-state index in [0.29, 0.717) is 51.4 Å². The molecule has 8 nitrogen and oxygen atoms in total. The van der Waals surface area contributed by atoms with Gasteiger partial charge in [0.25, 0.3) is 5.91 Å². The Morgan fingerprint density at radius 2 is 1.74 bits per heavy atom. The normalized spacial score (nSPS) is 11.9. The van der Waals surface area contributed by atoms with Crippen molar-refractivity contribution in [1.29, 1.82) is 0 Å². The summed E-state index contributed by atoms with van der Waals surface area (Å²) in [5, 5.41) is 15.1. The van der Waals surface area contributed by atoms with Crippen LogP contribution in [0.25, 0.3) is 33.1 Å². The third-order valence-corrected chi connectivity index (χ3v) is 6.94. The highest BCUT2D eigenvalue weighted by molar-refractivity contribution is 6.07. The number of carbonyl (C=O) groups excluding carboxylic acids is 1. The number of nitrogens with zero attached hydrogens (tertiary/aromatic N) is 1. The predicted molar refractivity (Wildman–Crippen MR) is 152 cm³/mol. The molecule has 1 amide bonds. The van der Waals surface area contributed by atoms with Gasteiger partial charge in [0.15, 0.2) is 11.5 Å². The standard InChI is InChI=1S/C31H31N3O5/c1-18-8-7-11-25-29(18)20(16-32-25)12-21(17-35)33-31(36)23-15-26(34-24-10-6-5-9-22(23)24)19-13-27(37-2)30(39-4)28(14-19)38-3/h5-11,13-16,21,32,35H,12,17H2,1-4H3,(H,33,36)/t21-/m1/s1. The number of amides is 1. The molecule has 0 aliphatic heterocycles. The molecule has 1 atom stereocenters. The minimum atomic E-state index is -0.479. The summed E-state index contributed by atoms with van der Waals surface area (Å²) < 4.78 is 16.5. The van der Waals surface area contributed by atoms with E-state index in [-0.39, 0.29) is 12.5 Å². The van der Waals surface area contributed by atoms with Crippen LogP contribution >= 0.6 is 0 Å². The number of aromatic amines is 1. The highest BCUT2D eigenvalue weighted by Gasteiger charge is 2.21. The van der Waals surface area contributed by atoms with E-state index in [2.05, 4.69) is 23.3 Å². The van der Waals surface area contributed by atoms with Crippen molar-refractivity contribution < 1.29 is 24.1 Å². The minimum Gasteiger partial charge on any atom is -0.493 e. The number of aliphatic hydroxyl groups excluding tert-OH is 1. The number of carbonyl (C=O) groups is 1. The second kappa shape index (κ2) is 11.0. The van der Waals surface area contributed by atoms with Gasteiger partial charge in [-0.15, -0.1) is 0 Å². The van der Waals surface area contributed by atoms with Crippen LogP contribution in [-0.4, -0.2) is 55.0 Å². The van der Waals surface area contributed by atoms with Gasteiger partial charge in [0.1, 0.15) is 0 Å². The lowest BCUT2D eigenvalue weighted by Gasteiger charge is -2.18. The predicted octanol–water partition coefficient (Wildman–Crippen LogP) is 5.05. The van der Waals surface area contributed by atoms with Gasteiger partial charge in [-0.05, 0) is 54.8 Å². The molecule has 0 radical (unpaired) electrons. The molecule has 8 heteroatoms. The number of hydrogen-bond acceptors (Lipinski definition) is 6. The number of pyridine rings is 1. The first kappa shape index (κ1) is 26.1. The molecule has 39 heavy (non-hydrogen) atoms. The summed E-state index contributed by atoms with van der Waals surface area (Å²) in [6.07, 6.45) is 2.42. The number of hydrogen-bond donors (Lipinski definition) is 3. The number of H-pyrrole nitrogens is 1. The van der Waals surface area contributed by atoms with Crippen molar-refractivity contribution in [3.63, 3.8) is 0 Å². The molecule has 5 aromatic rings. The van der Waals surface area contributed by atoms with Crippen LogP contribution in [0.3, 0.4) is 0 Å². The Morgan fingerprint density at radius 1 is 1.00 bits per heavy atom. The summed E-state index contributed by atoms with van der Waals surface area (Å²) in [5.74, 6) is 1.16. The third kappa shape index (κ3) is 4.98. The van der Waals surface area contributed by atoms with Crippen LogP contribution in [-0.2, 0) is 6.42 Å². The lowest BCUT2D eigenvalue weighted by Crippen LogP contribution is -2.39. The van der Waals surface area contributed by atoms with Crippen LogP contribution in [0.2, 0.25) is 0 Å². The molecule has 200 valence electrons. The topological polar surface area (TPSA) is 106 Å². The second-order valence-electron chi connectivity index (χ2n) is 9.35. The molecule has 0 bridgehead atoms. The molecule has 5 rings (SSSR count). The SMILES string of the molecule is COc1cc(-c2cc(C(=O)N[C@@H](CO)Cc3c[nH]c4cccc(C)c34)c3ccccc3n2)cc(OC)c1OC. The molecule has 0 fully saturated rings. The summed E-state index contributed by atoms with van der Waals surface area (Å²) in [5.41, 5.74) is 5.62. The van der Waals surface area contributed by atoms with Crippen LogP contribution in [0.4, 0.5) is 0 Å². The number of methoxy groups -OCH3 is 3. The molecule has 3 N–H and O–H groups in total. The first-order chi connectivity index (χ1) is 19.0. The van der Waals surface area contributed by atoms with Gasteiger partial charge in [-0.2, -0.15) is 0 Å². The minimum absolute atomic E-state index is 0.201. The molecule has 0 aliphatic rings. The quantitative estimate of drug-likeness (QED) is 0.249. The van der Waals surface area contributed by atoms with E-state index >= 15 is 0 Å². The summed E-state index contributed by atoms with van der Waals surface area (Å²) in [7, 11) is 4.65. The van der Waals surface area contributed by atoms with Gasteiger partial charge >= 0.3 is 0 Å². The Morgan fingerprint density at radius 3 is 2.44 bits per heavy atom. The smallest absolute Gasteiger partial charge is 0.252 e. The number of rotatable bonds is 9. The zero-order valence-corrected chi connectivity index (χ0v) is 22.4. The van der Waals surface area contributed by atoms with Crippen LogP contribution < -0.4 is 19.5 Å². The van der Waals surface area contributed by atoms with Gasteiger partial charge in [-0.3, -0.25) is 4.79 Å². The molecular weight excluding hydrogens is 494 g/mol. The second-order valence-corrected chi connectivity index (χ2v) is 9.35. The fourth-order valence-corrected chi connectivity index (χ4v) is 5.04. The molecule has 0 saturated carbocycles. The Balaban J connectivity index is 1.52. The van der Waals surface area contributed by atoms with E-state index in [1.54, 1.807) is 39.5 Å². The van der Waals surface area contributed by atoms with E-state index in [1.807, 2.05) is 42.6 Å². The molecule has 0 spiro atoms. The summed E-state index contributed by atoms with van der Waals surface area (Å²) in [6.45, 7) is 1.85. The molecular formula is C31H31N3O5.